The summed E-state index contributed by atoms with van der Waals surface area (Å²) < 4.78 is 1.53. The minimum atomic E-state index is -0.0960. The molecule has 8 nitrogen and oxygen atoms in total. The van der Waals surface area contributed by atoms with Gasteiger partial charge < -0.3 is 24.6 Å². The molecule has 0 radical (unpaired) electrons. The number of piperazine rings is 1. The summed E-state index contributed by atoms with van der Waals surface area (Å²) in [6.45, 7) is 9.83. The average molecular weight is 362 g/mol. The standard InChI is InChI=1S/C18H30N6O2/c1-14(2)24-6-4-15(13-24)12-20-18(26)23-10-8-22(9-11-23)16-17(25)21(3)7-5-19-16/h5,7,14-15H,4,6,8-13H2,1-3H3,(H,20,26). The number of amides is 2. The lowest BCUT2D eigenvalue weighted by Crippen LogP contribution is -2.53. The maximum Gasteiger partial charge on any atom is 0.317 e. The van der Waals surface area contributed by atoms with E-state index in [1.54, 1.807) is 19.4 Å². The summed E-state index contributed by atoms with van der Waals surface area (Å²) in [7, 11) is 1.72. The molecule has 1 aromatic heterocycles. The number of carbonyl (C=O) groups excluding carboxylic acids is 1. The fourth-order valence-corrected chi connectivity index (χ4v) is 3.66. The number of aryl methyl sites for hydroxylation is 1. The van der Waals surface area contributed by atoms with Crippen LogP contribution in [0.25, 0.3) is 0 Å². The summed E-state index contributed by atoms with van der Waals surface area (Å²) in [5.41, 5.74) is -0.0960. The molecule has 1 atom stereocenters. The van der Waals surface area contributed by atoms with Crippen molar-refractivity contribution in [2.45, 2.75) is 26.3 Å². The lowest BCUT2D eigenvalue weighted by molar-refractivity contribution is 0.192. The normalized spacial score (nSPS) is 21.5. The molecule has 0 saturated carbocycles. The van der Waals surface area contributed by atoms with Gasteiger partial charge in [-0.25, -0.2) is 9.78 Å². The average Bonchev–Trinajstić information content (AvgIpc) is 3.12. The highest BCUT2D eigenvalue weighted by atomic mass is 16.2. The number of nitrogens with zero attached hydrogens (tertiary/aromatic N) is 5. The zero-order valence-electron chi connectivity index (χ0n) is 16.0. The van der Waals surface area contributed by atoms with Gasteiger partial charge in [0.2, 0.25) is 0 Å². The van der Waals surface area contributed by atoms with E-state index in [0.717, 1.165) is 26.1 Å². The molecule has 0 aliphatic carbocycles. The highest BCUT2D eigenvalue weighted by Crippen LogP contribution is 2.17. The Morgan fingerprint density at radius 3 is 2.65 bits per heavy atom. The second kappa shape index (κ2) is 8.07. The molecule has 2 saturated heterocycles. The Morgan fingerprint density at radius 2 is 2.00 bits per heavy atom. The van der Waals surface area contributed by atoms with E-state index in [2.05, 4.69) is 29.0 Å². The van der Waals surface area contributed by atoms with Crippen LogP contribution in [0.1, 0.15) is 20.3 Å². The lowest BCUT2D eigenvalue weighted by Gasteiger charge is -2.35. The van der Waals surface area contributed by atoms with Gasteiger partial charge in [0.25, 0.3) is 5.56 Å². The van der Waals surface area contributed by atoms with Gasteiger partial charge >= 0.3 is 6.03 Å². The quantitative estimate of drug-likeness (QED) is 0.836. The summed E-state index contributed by atoms with van der Waals surface area (Å²) in [6.07, 6.45) is 4.44. The Labute approximate surface area is 154 Å². The molecular formula is C18H30N6O2. The fraction of sp³-hybridized carbons (Fsp3) is 0.722. The smallest absolute Gasteiger partial charge is 0.317 e. The summed E-state index contributed by atoms with van der Waals surface area (Å²) >= 11 is 0. The molecule has 3 rings (SSSR count). The Kier molecular flexibility index (Phi) is 5.80. The monoisotopic (exact) mass is 362 g/mol. The molecular weight excluding hydrogens is 332 g/mol. The molecule has 0 bridgehead atoms. The molecule has 144 valence electrons. The molecule has 0 aromatic carbocycles. The van der Waals surface area contributed by atoms with Crippen LogP contribution in [0.5, 0.6) is 0 Å². The third-order valence-electron chi connectivity index (χ3n) is 5.45. The summed E-state index contributed by atoms with van der Waals surface area (Å²) in [5.74, 6) is 1.01. The molecule has 1 N–H and O–H groups in total. The molecule has 2 aliphatic heterocycles. The van der Waals surface area contributed by atoms with Gasteiger partial charge in [-0.1, -0.05) is 0 Å². The number of hydrogen-bond donors (Lipinski definition) is 1. The molecule has 2 amide bonds. The van der Waals surface area contributed by atoms with Gasteiger partial charge in [0, 0.05) is 64.8 Å². The number of urea groups is 1. The van der Waals surface area contributed by atoms with Gasteiger partial charge in [0.05, 0.1) is 0 Å². The van der Waals surface area contributed by atoms with Crippen LogP contribution >= 0.6 is 0 Å². The van der Waals surface area contributed by atoms with Crippen molar-refractivity contribution in [3.8, 4) is 0 Å². The van der Waals surface area contributed by atoms with Crippen molar-refractivity contribution in [3.63, 3.8) is 0 Å². The molecule has 26 heavy (non-hydrogen) atoms. The Balaban J connectivity index is 1.45. The zero-order chi connectivity index (χ0) is 18.7. The van der Waals surface area contributed by atoms with Crippen molar-refractivity contribution in [1.82, 2.24) is 24.7 Å². The summed E-state index contributed by atoms with van der Waals surface area (Å²) in [4.78, 5) is 35.1. The molecule has 1 unspecified atom stereocenters. The first-order chi connectivity index (χ1) is 12.5. The van der Waals surface area contributed by atoms with Crippen molar-refractivity contribution in [1.29, 1.82) is 0 Å². The molecule has 8 heteroatoms. The molecule has 2 aliphatic rings. The fourth-order valence-electron chi connectivity index (χ4n) is 3.66. The van der Waals surface area contributed by atoms with Crippen molar-refractivity contribution in [3.05, 3.63) is 22.7 Å². The minimum absolute atomic E-state index is 0.00145. The number of nitrogens with one attached hydrogen (secondary N) is 1. The van der Waals surface area contributed by atoms with E-state index in [4.69, 9.17) is 0 Å². The maximum absolute atomic E-state index is 12.4. The Hall–Kier alpha value is -2.09. The first-order valence-electron chi connectivity index (χ1n) is 9.49. The van der Waals surface area contributed by atoms with Crippen molar-refractivity contribution < 1.29 is 4.79 Å². The molecule has 0 spiro atoms. The highest BCUT2D eigenvalue weighted by Gasteiger charge is 2.27. The van der Waals surface area contributed by atoms with Gasteiger partial charge in [0.1, 0.15) is 0 Å². The van der Waals surface area contributed by atoms with Crippen molar-refractivity contribution in [2.24, 2.45) is 13.0 Å². The number of carbonyl (C=O) groups is 1. The molecule has 3 heterocycles. The van der Waals surface area contributed by atoms with Crippen LogP contribution in [-0.4, -0.2) is 77.2 Å². The van der Waals surface area contributed by atoms with Gasteiger partial charge in [-0.2, -0.15) is 0 Å². The van der Waals surface area contributed by atoms with E-state index in [1.807, 2.05) is 9.80 Å². The zero-order valence-corrected chi connectivity index (χ0v) is 16.0. The molecule has 2 fully saturated rings. The van der Waals surface area contributed by atoms with Crippen LogP contribution in [0, 0.1) is 5.92 Å². The van der Waals surface area contributed by atoms with E-state index in [9.17, 15) is 9.59 Å². The number of rotatable bonds is 4. The number of hydrogen-bond acceptors (Lipinski definition) is 5. The number of anilines is 1. The van der Waals surface area contributed by atoms with Crippen LogP contribution < -0.4 is 15.8 Å². The predicted octanol–water partition coefficient (Wildman–Crippen LogP) is 0.342. The highest BCUT2D eigenvalue weighted by molar-refractivity contribution is 5.74. The molecule has 1 aromatic rings. The van der Waals surface area contributed by atoms with Crippen molar-refractivity contribution in [2.75, 3.05) is 50.7 Å². The van der Waals surface area contributed by atoms with E-state index in [-0.39, 0.29) is 11.6 Å². The summed E-state index contributed by atoms with van der Waals surface area (Å²) in [5, 5.41) is 3.09. The maximum atomic E-state index is 12.4. The van der Waals surface area contributed by atoms with Crippen LogP contribution in [0.2, 0.25) is 0 Å². The van der Waals surface area contributed by atoms with Crippen LogP contribution in [0.15, 0.2) is 17.2 Å². The van der Waals surface area contributed by atoms with Crippen LogP contribution in [0.4, 0.5) is 10.6 Å². The third kappa shape index (κ3) is 4.17. The second-order valence-electron chi connectivity index (χ2n) is 7.57. The Morgan fingerprint density at radius 1 is 1.27 bits per heavy atom. The van der Waals surface area contributed by atoms with E-state index >= 15 is 0 Å². The van der Waals surface area contributed by atoms with Crippen LogP contribution in [0.3, 0.4) is 0 Å². The largest absolute Gasteiger partial charge is 0.348 e. The lowest BCUT2D eigenvalue weighted by atomic mass is 10.1. The van der Waals surface area contributed by atoms with Gasteiger partial charge in [-0.3, -0.25) is 4.79 Å². The third-order valence-corrected chi connectivity index (χ3v) is 5.45. The van der Waals surface area contributed by atoms with Gasteiger partial charge in [-0.15, -0.1) is 0 Å². The van der Waals surface area contributed by atoms with Gasteiger partial charge in [0.15, 0.2) is 5.82 Å². The van der Waals surface area contributed by atoms with E-state index in [0.29, 0.717) is 44.0 Å². The second-order valence-corrected chi connectivity index (χ2v) is 7.57. The summed E-state index contributed by atoms with van der Waals surface area (Å²) in [6, 6.07) is 0.574. The van der Waals surface area contributed by atoms with E-state index < -0.39 is 0 Å². The number of likely N-dealkylation sites (tertiary alicyclic amines) is 1. The van der Waals surface area contributed by atoms with Crippen molar-refractivity contribution >= 4 is 11.8 Å². The topological polar surface area (TPSA) is 73.7 Å². The Bertz CT molecular complexity index is 681. The number of aromatic nitrogens is 2. The first-order valence-corrected chi connectivity index (χ1v) is 9.49. The first kappa shape index (κ1) is 18.7. The van der Waals surface area contributed by atoms with Crippen LogP contribution in [-0.2, 0) is 7.05 Å². The minimum Gasteiger partial charge on any atom is -0.348 e. The van der Waals surface area contributed by atoms with E-state index in [1.165, 1.54) is 4.57 Å². The van der Waals surface area contributed by atoms with Gasteiger partial charge in [-0.05, 0) is 32.7 Å². The SMILES string of the molecule is CC(C)N1CCC(CNC(=O)N2CCN(c3nccn(C)c3=O)CC2)C1. The predicted molar refractivity (Wildman–Crippen MR) is 101 cm³/mol.